The monoisotopic (exact) mass is 312 g/mol. The van der Waals surface area contributed by atoms with Gasteiger partial charge in [-0.1, -0.05) is 69.8 Å². The third kappa shape index (κ3) is 15.3. The second kappa shape index (κ2) is 16.2. The van der Waals surface area contributed by atoms with Crippen molar-refractivity contribution in [2.75, 3.05) is 0 Å². The van der Waals surface area contributed by atoms with Crippen molar-refractivity contribution in [2.24, 2.45) is 0 Å². The van der Waals surface area contributed by atoms with E-state index in [2.05, 4.69) is 17.9 Å². The molecule has 0 aromatic rings. The van der Waals surface area contributed by atoms with E-state index in [-0.39, 0.29) is 12.5 Å². The molecule has 22 heavy (non-hydrogen) atoms. The van der Waals surface area contributed by atoms with Crippen LogP contribution in [0.3, 0.4) is 0 Å². The predicted molar refractivity (Wildman–Crippen MR) is 89.9 cm³/mol. The van der Waals surface area contributed by atoms with Gasteiger partial charge in [0, 0.05) is 6.42 Å². The molecule has 0 saturated carbocycles. The molecule has 0 spiro atoms. The second-order valence-electron chi connectivity index (χ2n) is 5.65. The third-order valence-electron chi connectivity index (χ3n) is 3.56. The average molecular weight is 312 g/mol. The van der Waals surface area contributed by atoms with Crippen molar-refractivity contribution in [2.45, 2.75) is 83.7 Å². The van der Waals surface area contributed by atoms with Crippen LogP contribution in [0.1, 0.15) is 77.6 Å². The Balaban J connectivity index is 3.59. The van der Waals surface area contributed by atoms with Crippen molar-refractivity contribution in [3.63, 3.8) is 0 Å². The fourth-order valence-corrected chi connectivity index (χ4v) is 2.21. The molecule has 0 fully saturated rings. The van der Waals surface area contributed by atoms with Crippen molar-refractivity contribution in [1.29, 1.82) is 0 Å². The van der Waals surface area contributed by atoms with Gasteiger partial charge >= 0.3 is 5.97 Å². The fraction of sp³-hybridized carbons (Fsp3) is 0.722. The largest absolute Gasteiger partial charge is 0.481 e. The van der Waals surface area contributed by atoms with Gasteiger partial charge in [0.25, 0.3) is 0 Å². The van der Waals surface area contributed by atoms with E-state index in [0.717, 1.165) is 44.9 Å². The van der Waals surface area contributed by atoms with Crippen molar-refractivity contribution in [3.8, 4) is 0 Å². The van der Waals surface area contributed by atoms with Gasteiger partial charge < -0.3 is 5.11 Å². The molecular formula is C18H32O4. The highest BCUT2D eigenvalue weighted by molar-refractivity contribution is 5.66. The zero-order valence-corrected chi connectivity index (χ0v) is 13.9. The van der Waals surface area contributed by atoms with E-state index in [1.165, 1.54) is 19.3 Å². The van der Waals surface area contributed by atoms with Crippen LogP contribution in [0.25, 0.3) is 0 Å². The molecule has 0 radical (unpaired) electrons. The third-order valence-corrected chi connectivity index (χ3v) is 3.56. The Bertz CT molecular complexity index is 310. The summed E-state index contributed by atoms with van der Waals surface area (Å²) in [6, 6.07) is 0. The average Bonchev–Trinajstić information content (AvgIpc) is 2.50. The van der Waals surface area contributed by atoms with Crippen LogP contribution in [0.4, 0.5) is 0 Å². The molecule has 0 aliphatic rings. The first-order valence-electron chi connectivity index (χ1n) is 8.56. The topological polar surface area (TPSA) is 66.8 Å². The minimum Gasteiger partial charge on any atom is -0.481 e. The van der Waals surface area contributed by atoms with Crippen LogP contribution in [0.2, 0.25) is 0 Å². The maximum Gasteiger partial charge on any atom is 0.303 e. The SMILES string of the molecule is CCCCC/C=C/C=C/[C@@H](CCCCCCCC(=O)O)OO. The Morgan fingerprint density at radius 2 is 1.77 bits per heavy atom. The molecule has 0 amide bonds. The van der Waals surface area contributed by atoms with Gasteiger partial charge in [-0.2, -0.15) is 0 Å². The lowest BCUT2D eigenvalue weighted by Gasteiger charge is -2.08. The summed E-state index contributed by atoms with van der Waals surface area (Å²) in [4.78, 5) is 14.8. The van der Waals surface area contributed by atoms with Gasteiger partial charge in [0.2, 0.25) is 0 Å². The van der Waals surface area contributed by atoms with Crippen molar-refractivity contribution in [3.05, 3.63) is 24.3 Å². The molecule has 0 aliphatic heterocycles. The molecule has 0 saturated heterocycles. The van der Waals surface area contributed by atoms with Gasteiger partial charge in [0.05, 0.1) is 0 Å². The van der Waals surface area contributed by atoms with Gasteiger partial charge in [0.15, 0.2) is 0 Å². The van der Waals surface area contributed by atoms with E-state index >= 15 is 0 Å². The summed E-state index contributed by atoms with van der Waals surface area (Å²) in [7, 11) is 0. The summed E-state index contributed by atoms with van der Waals surface area (Å²) in [6.07, 6.45) is 18.3. The molecule has 1 atom stereocenters. The Morgan fingerprint density at radius 1 is 1.05 bits per heavy atom. The lowest BCUT2D eigenvalue weighted by molar-refractivity contribution is -0.267. The summed E-state index contributed by atoms with van der Waals surface area (Å²) >= 11 is 0. The molecule has 0 rings (SSSR count). The first-order chi connectivity index (χ1) is 10.7. The lowest BCUT2D eigenvalue weighted by Crippen LogP contribution is -2.06. The first-order valence-corrected chi connectivity index (χ1v) is 8.56. The van der Waals surface area contributed by atoms with E-state index in [0.29, 0.717) is 0 Å². The zero-order valence-electron chi connectivity index (χ0n) is 13.9. The number of carboxylic acid groups (broad SMARTS) is 1. The maximum absolute atomic E-state index is 10.4. The molecule has 2 N–H and O–H groups in total. The van der Waals surface area contributed by atoms with E-state index < -0.39 is 5.97 Å². The van der Waals surface area contributed by atoms with E-state index in [4.69, 9.17) is 10.4 Å². The molecule has 0 unspecified atom stereocenters. The van der Waals surface area contributed by atoms with Crippen LogP contribution < -0.4 is 0 Å². The number of hydrogen-bond donors (Lipinski definition) is 2. The molecule has 0 heterocycles. The Kier molecular flexibility index (Phi) is 15.4. The summed E-state index contributed by atoms with van der Waals surface area (Å²) in [5, 5.41) is 17.4. The number of hydrogen-bond acceptors (Lipinski definition) is 3. The maximum atomic E-state index is 10.4. The molecule has 0 bridgehead atoms. The van der Waals surface area contributed by atoms with Crippen LogP contribution in [0.5, 0.6) is 0 Å². The standard InChI is InChI=1S/C18H32O4/c1-2-3-4-5-6-8-11-14-17(22-21)15-12-9-7-10-13-16-18(19)20/h6,8,11,14,17,21H,2-5,7,9-10,12-13,15-16H2,1H3,(H,19,20)/b8-6+,14-11+/t17-/m0/s1. The van der Waals surface area contributed by atoms with Gasteiger partial charge in [-0.3, -0.25) is 10.1 Å². The number of carboxylic acids is 1. The normalized spacial score (nSPS) is 13.2. The highest BCUT2D eigenvalue weighted by atomic mass is 17.1. The van der Waals surface area contributed by atoms with E-state index in [1.54, 1.807) is 0 Å². The molecule has 128 valence electrons. The molecule has 0 aromatic heterocycles. The van der Waals surface area contributed by atoms with E-state index in [9.17, 15) is 4.79 Å². The number of carbonyl (C=O) groups is 1. The Morgan fingerprint density at radius 3 is 2.45 bits per heavy atom. The fourth-order valence-electron chi connectivity index (χ4n) is 2.21. The number of aliphatic carboxylic acids is 1. The van der Waals surface area contributed by atoms with Crippen molar-refractivity contribution in [1.82, 2.24) is 0 Å². The Hall–Kier alpha value is -1.13. The van der Waals surface area contributed by atoms with Crippen molar-refractivity contribution < 1.29 is 20.0 Å². The summed E-state index contributed by atoms with van der Waals surface area (Å²) in [6.45, 7) is 2.19. The number of unbranched alkanes of at least 4 members (excludes halogenated alkanes) is 7. The van der Waals surface area contributed by atoms with Crippen molar-refractivity contribution >= 4 is 5.97 Å². The Labute approximate surface area is 134 Å². The summed E-state index contributed by atoms with van der Waals surface area (Å²) in [5.74, 6) is -0.721. The summed E-state index contributed by atoms with van der Waals surface area (Å²) in [5.41, 5.74) is 0. The smallest absolute Gasteiger partial charge is 0.303 e. The highest BCUT2D eigenvalue weighted by Crippen LogP contribution is 2.11. The number of allylic oxidation sites excluding steroid dienone is 3. The lowest BCUT2D eigenvalue weighted by atomic mass is 10.1. The van der Waals surface area contributed by atoms with Crippen LogP contribution in [0, 0.1) is 0 Å². The van der Waals surface area contributed by atoms with Gasteiger partial charge in [0.1, 0.15) is 6.10 Å². The van der Waals surface area contributed by atoms with Crippen LogP contribution in [0.15, 0.2) is 24.3 Å². The van der Waals surface area contributed by atoms with Gasteiger partial charge in [-0.25, -0.2) is 4.89 Å². The molecule has 0 aromatic carbocycles. The van der Waals surface area contributed by atoms with E-state index in [1.807, 2.05) is 18.2 Å². The van der Waals surface area contributed by atoms with Crippen LogP contribution in [-0.2, 0) is 9.68 Å². The zero-order chi connectivity index (χ0) is 16.5. The molecular weight excluding hydrogens is 280 g/mol. The van der Waals surface area contributed by atoms with Gasteiger partial charge in [-0.15, -0.1) is 0 Å². The minimum absolute atomic E-state index is 0.251. The predicted octanol–water partition coefficient (Wildman–Crippen LogP) is 5.35. The molecule has 4 heteroatoms. The second-order valence-corrected chi connectivity index (χ2v) is 5.65. The van der Waals surface area contributed by atoms with Crippen LogP contribution in [-0.4, -0.2) is 22.4 Å². The molecule has 4 nitrogen and oxygen atoms in total. The molecule has 0 aliphatic carbocycles. The summed E-state index contributed by atoms with van der Waals surface area (Å²) < 4.78 is 0. The first kappa shape index (κ1) is 20.9. The quantitative estimate of drug-likeness (QED) is 0.185. The van der Waals surface area contributed by atoms with Gasteiger partial charge in [-0.05, 0) is 25.7 Å². The highest BCUT2D eigenvalue weighted by Gasteiger charge is 2.03. The number of rotatable bonds is 15. The van der Waals surface area contributed by atoms with Crippen LogP contribution >= 0.6 is 0 Å². The minimum atomic E-state index is -0.721.